The molecule has 0 spiro atoms. The standard InChI is InChI=1S/C14H13P/c1-2-3-4-11-5-6-13-10-14(15)8-7-12(13)9-11/h5-10H,2,15H2,1H3. The van der Waals surface area contributed by atoms with Gasteiger partial charge in [-0.05, 0) is 34.3 Å². The van der Waals surface area contributed by atoms with Crippen molar-refractivity contribution >= 4 is 25.3 Å². The van der Waals surface area contributed by atoms with Crippen LogP contribution in [0.1, 0.15) is 18.9 Å². The van der Waals surface area contributed by atoms with Gasteiger partial charge < -0.3 is 0 Å². The van der Waals surface area contributed by atoms with Gasteiger partial charge >= 0.3 is 0 Å². The zero-order valence-corrected chi connectivity index (χ0v) is 9.90. The largest absolute Gasteiger partial charge is 0.106 e. The molecule has 0 radical (unpaired) electrons. The second-order valence-corrected chi connectivity index (χ2v) is 4.14. The van der Waals surface area contributed by atoms with Crippen molar-refractivity contribution in [3.05, 3.63) is 42.0 Å². The van der Waals surface area contributed by atoms with Gasteiger partial charge in [0.25, 0.3) is 0 Å². The first kappa shape index (κ1) is 10.2. The van der Waals surface area contributed by atoms with Crippen molar-refractivity contribution in [3.8, 4) is 11.8 Å². The van der Waals surface area contributed by atoms with Gasteiger partial charge in [-0.3, -0.25) is 0 Å². The molecular weight excluding hydrogens is 199 g/mol. The van der Waals surface area contributed by atoms with Gasteiger partial charge in [0.05, 0.1) is 0 Å². The molecule has 0 saturated heterocycles. The molecular formula is C14H13P. The minimum atomic E-state index is 0.905. The predicted octanol–water partition coefficient (Wildman–Crippen LogP) is 3.10. The van der Waals surface area contributed by atoms with E-state index in [1.54, 1.807) is 0 Å². The van der Waals surface area contributed by atoms with Gasteiger partial charge in [-0.2, -0.15) is 0 Å². The molecule has 2 aromatic carbocycles. The lowest BCUT2D eigenvalue weighted by Crippen LogP contribution is -1.88. The summed E-state index contributed by atoms with van der Waals surface area (Å²) in [5.41, 5.74) is 1.10. The van der Waals surface area contributed by atoms with Crippen LogP contribution < -0.4 is 5.30 Å². The average molecular weight is 212 g/mol. The molecule has 0 aliphatic rings. The molecule has 1 heteroatoms. The van der Waals surface area contributed by atoms with Crippen LogP contribution in [0, 0.1) is 11.8 Å². The second-order valence-electron chi connectivity index (χ2n) is 3.48. The molecule has 0 aliphatic heterocycles. The van der Waals surface area contributed by atoms with Crippen molar-refractivity contribution in [2.45, 2.75) is 13.3 Å². The first-order valence-corrected chi connectivity index (χ1v) is 5.65. The smallest absolute Gasteiger partial charge is 0.0251 e. The first-order valence-electron chi connectivity index (χ1n) is 5.08. The Morgan fingerprint density at radius 1 is 1.07 bits per heavy atom. The summed E-state index contributed by atoms with van der Waals surface area (Å²) in [7, 11) is 2.72. The van der Waals surface area contributed by atoms with E-state index in [4.69, 9.17) is 0 Å². The second kappa shape index (κ2) is 4.47. The maximum Gasteiger partial charge on any atom is 0.0251 e. The third kappa shape index (κ3) is 2.38. The van der Waals surface area contributed by atoms with Crippen LogP contribution in [0.2, 0.25) is 0 Å². The number of hydrogen-bond acceptors (Lipinski definition) is 0. The molecule has 0 aliphatic carbocycles. The maximum atomic E-state index is 3.15. The molecule has 0 amide bonds. The fraction of sp³-hybridized carbons (Fsp3) is 0.143. The summed E-state index contributed by atoms with van der Waals surface area (Å²) in [6.45, 7) is 2.06. The minimum Gasteiger partial charge on any atom is -0.106 e. The zero-order chi connectivity index (χ0) is 10.7. The number of rotatable bonds is 0. The highest BCUT2D eigenvalue weighted by Crippen LogP contribution is 2.15. The van der Waals surface area contributed by atoms with E-state index < -0.39 is 0 Å². The van der Waals surface area contributed by atoms with E-state index in [2.05, 4.69) is 64.4 Å². The van der Waals surface area contributed by atoms with Crippen molar-refractivity contribution in [2.75, 3.05) is 0 Å². The Morgan fingerprint density at radius 3 is 2.60 bits per heavy atom. The van der Waals surface area contributed by atoms with Crippen molar-refractivity contribution in [1.29, 1.82) is 0 Å². The lowest BCUT2D eigenvalue weighted by molar-refractivity contribution is 1.28. The first-order chi connectivity index (χ1) is 7.29. The summed E-state index contributed by atoms with van der Waals surface area (Å²) in [6.07, 6.45) is 0.905. The van der Waals surface area contributed by atoms with Crippen LogP contribution in [0.3, 0.4) is 0 Å². The monoisotopic (exact) mass is 212 g/mol. The molecule has 2 rings (SSSR count). The highest BCUT2D eigenvalue weighted by Gasteiger charge is 1.94. The van der Waals surface area contributed by atoms with Gasteiger partial charge in [0.1, 0.15) is 0 Å². The molecule has 0 aromatic heterocycles. The van der Waals surface area contributed by atoms with Crippen molar-refractivity contribution in [1.82, 2.24) is 0 Å². The van der Waals surface area contributed by atoms with E-state index >= 15 is 0 Å². The molecule has 0 bridgehead atoms. The summed E-state index contributed by atoms with van der Waals surface area (Å²) in [5.74, 6) is 6.23. The molecule has 0 nitrogen and oxygen atoms in total. The minimum absolute atomic E-state index is 0.905. The van der Waals surface area contributed by atoms with E-state index in [-0.39, 0.29) is 0 Å². The van der Waals surface area contributed by atoms with Gasteiger partial charge in [-0.1, -0.05) is 37.0 Å². The molecule has 0 heterocycles. The summed E-state index contributed by atoms with van der Waals surface area (Å²) in [5, 5.41) is 3.74. The van der Waals surface area contributed by atoms with Crippen LogP contribution in [0.5, 0.6) is 0 Å². The lowest BCUT2D eigenvalue weighted by Gasteiger charge is -1.99. The van der Waals surface area contributed by atoms with Crippen LogP contribution in [-0.4, -0.2) is 0 Å². The van der Waals surface area contributed by atoms with E-state index in [0.29, 0.717) is 0 Å². The molecule has 0 fully saturated rings. The molecule has 1 unspecified atom stereocenters. The predicted molar refractivity (Wildman–Crippen MR) is 70.5 cm³/mol. The number of fused-ring (bicyclic) bond motifs is 1. The average Bonchev–Trinajstić information content (AvgIpc) is 2.26. The van der Waals surface area contributed by atoms with E-state index in [0.717, 1.165) is 12.0 Å². The zero-order valence-electron chi connectivity index (χ0n) is 8.75. The highest BCUT2D eigenvalue weighted by molar-refractivity contribution is 7.27. The Balaban J connectivity index is 2.52. The van der Waals surface area contributed by atoms with Crippen LogP contribution >= 0.6 is 9.24 Å². The lowest BCUT2D eigenvalue weighted by atomic mass is 10.1. The number of hydrogen-bond donors (Lipinski definition) is 0. The fourth-order valence-electron chi connectivity index (χ4n) is 1.53. The molecule has 2 aromatic rings. The van der Waals surface area contributed by atoms with Crippen LogP contribution in [0.15, 0.2) is 36.4 Å². The summed E-state index contributed by atoms with van der Waals surface area (Å²) in [4.78, 5) is 0. The van der Waals surface area contributed by atoms with Crippen molar-refractivity contribution < 1.29 is 0 Å². The quantitative estimate of drug-likeness (QED) is 0.465. The third-order valence-corrected chi connectivity index (χ3v) is 2.63. The molecule has 1 atom stereocenters. The summed E-state index contributed by atoms with van der Waals surface area (Å²) >= 11 is 0. The van der Waals surface area contributed by atoms with Gasteiger partial charge in [-0.25, -0.2) is 0 Å². The van der Waals surface area contributed by atoms with E-state index in [1.165, 1.54) is 16.1 Å². The Bertz CT molecular complexity index is 544. The van der Waals surface area contributed by atoms with Crippen LogP contribution in [0.25, 0.3) is 10.8 Å². The van der Waals surface area contributed by atoms with Crippen molar-refractivity contribution in [3.63, 3.8) is 0 Å². The summed E-state index contributed by atoms with van der Waals surface area (Å²) in [6, 6.07) is 12.7. The topological polar surface area (TPSA) is 0 Å². The Labute approximate surface area is 92.9 Å². The van der Waals surface area contributed by atoms with Gasteiger partial charge in [0.2, 0.25) is 0 Å². The Hall–Kier alpha value is -1.31. The van der Waals surface area contributed by atoms with Gasteiger partial charge in [0.15, 0.2) is 0 Å². The number of benzene rings is 2. The molecule has 0 N–H and O–H groups in total. The van der Waals surface area contributed by atoms with Crippen LogP contribution in [-0.2, 0) is 0 Å². The van der Waals surface area contributed by atoms with Gasteiger partial charge in [-0.15, -0.1) is 9.24 Å². The SMILES string of the molecule is CCC#Cc1ccc2cc(P)ccc2c1. The highest BCUT2D eigenvalue weighted by atomic mass is 31.0. The normalized spacial score (nSPS) is 9.73. The van der Waals surface area contributed by atoms with E-state index in [9.17, 15) is 0 Å². The fourth-order valence-corrected chi connectivity index (χ4v) is 1.81. The third-order valence-electron chi connectivity index (χ3n) is 2.27. The van der Waals surface area contributed by atoms with E-state index in [1.807, 2.05) is 0 Å². The Morgan fingerprint density at radius 2 is 1.80 bits per heavy atom. The summed E-state index contributed by atoms with van der Waals surface area (Å²) < 4.78 is 0. The molecule has 0 saturated carbocycles. The van der Waals surface area contributed by atoms with Gasteiger partial charge in [0, 0.05) is 12.0 Å². The van der Waals surface area contributed by atoms with Crippen molar-refractivity contribution in [2.24, 2.45) is 0 Å². The molecule has 74 valence electrons. The Kier molecular flexibility index (Phi) is 3.05. The maximum absolute atomic E-state index is 3.15. The van der Waals surface area contributed by atoms with Crippen LogP contribution in [0.4, 0.5) is 0 Å². The molecule has 15 heavy (non-hydrogen) atoms.